The third-order valence-electron chi connectivity index (χ3n) is 23.2. The van der Waals surface area contributed by atoms with E-state index in [0.717, 1.165) is 79.7 Å². The number of ether oxygens (including phenoxy) is 5. The maximum Gasteiger partial charge on any atom is 0.201 e. The van der Waals surface area contributed by atoms with Crippen LogP contribution in [0.15, 0.2) is 23.3 Å². The molecular weight excluding hydrogens is 865 g/mol. The zero-order chi connectivity index (χ0) is 47.9. The minimum atomic E-state index is -1.51. The summed E-state index contributed by atoms with van der Waals surface area (Å²) in [4.78, 5) is 26.3. The average Bonchev–Trinajstić information content (AvgIpc) is 4.01. The lowest BCUT2D eigenvalue weighted by molar-refractivity contribution is -0.336. The summed E-state index contributed by atoms with van der Waals surface area (Å²) in [5.74, 6) is -1.85. The second-order valence-electron chi connectivity index (χ2n) is 26.3. The van der Waals surface area contributed by atoms with Crippen molar-refractivity contribution in [2.45, 2.75) is 191 Å². The smallest absolute Gasteiger partial charge is 0.201 e. The summed E-state index contributed by atoms with van der Waals surface area (Å²) in [6.45, 7) is 16.6. The van der Waals surface area contributed by atoms with Crippen LogP contribution in [0.1, 0.15) is 142 Å². The second-order valence-corrected chi connectivity index (χ2v) is 26.3. The highest BCUT2D eigenvalue weighted by atomic mass is 16.7. The minimum absolute atomic E-state index is 0.0246. The number of aromatic nitrogens is 2. The Morgan fingerprint density at radius 3 is 2.19 bits per heavy atom. The minimum Gasteiger partial charge on any atom is -0.393 e. The van der Waals surface area contributed by atoms with Gasteiger partial charge in [0, 0.05) is 49.0 Å². The molecule has 8 fully saturated rings. The SMILES string of the molecule is CO[C@H]1c2nc3c(nc2C[C@@H]2CC[C@H]4C5=CC[C@@H]6[C@H](C)C7(OCC56C(=O)C[C@@H]4[C@]21C)OC(C)(C)C[C@H]7O)C[C@@]1(C)[C@@H](CC[C@H]2C4=C[C@@H]5OC6(O[C@](C)(CO)C[C@H]6O)[C@@H](C)[C@]5(O)[C@@]4(C)[C@H](O)C[C@@H]21)C3. The van der Waals surface area contributed by atoms with E-state index < -0.39 is 69.5 Å². The molecule has 12 aliphatic rings. The lowest BCUT2D eigenvalue weighted by Crippen LogP contribution is -2.65. The number of aliphatic hydroxyl groups excluding tert-OH is 4. The van der Waals surface area contributed by atoms with E-state index in [-0.39, 0.29) is 83.8 Å². The largest absolute Gasteiger partial charge is 0.393 e. The lowest BCUT2D eigenvalue weighted by Gasteiger charge is -2.62. The number of Topliss-reactive ketones (excluding diaryl/α,β-unsaturated/α-hetero) is 1. The molecule has 13 heteroatoms. The zero-order valence-electron chi connectivity index (χ0n) is 41.7. The van der Waals surface area contributed by atoms with Crippen molar-refractivity contribution in [3.63, 3.8) is 0 Å². The van der Waals surface area contributed by atoms with E-state index in [4.69, 9.17) is 33.7 Å². The summed E-state index contributed by atoms with van der Waals surface area (Å²) in [5.41, 5.74) is 1.26. The molecule has 5 heterocycles. The Labute approximate surface area is 401 Å². The molecule has 5 N–H and O–H groups in total. The summed E-state index contributed by atoms with van der Waals surface area (Å²) < 4.78 is 33.0. The van der Waals surface area contributed by atoms with Gasteiger partial charge in [0.2, 0.25) is 5.79 Å². The van der Waals surface area contributed by atoms with Crippen LogP contribution in [0.25, 0.3) is 0 Å². The van der Waals surface area contributed by atoms with Gasteiger partial charge in [0.15, 0.2) is 5.79 Å². The van der Waals surface area contributed by atoms with Gasteiger partial charge in [-0.25, -0.2) is 0 Å². The van der Waals surface area contributed by atoms with Crippen LogP contribution in [0, 0.1) is 74.9 Å². The van der Waals surface area contributed by atoms with E-state index in [1.54, 1.807) is 6.92 Å². The molecule has 4 saturated carbocycles. The summed E-state index contributed by atoms with van der Waals surface area (Å²) in [5, 5.41) is 58.4. The number of hydrogen-bond donors (Lipinski definition) is 5. The Hall–Kier alpha value is -2.17. The van der Waals surface area contributed by atoms with Gasteiger partial charge in [0.25, 0.3) is 0 Å². The van der Waals surface area contributed by atoms with Crippen LogP contribution < -0.4 is 0 Å². The molecule has 3 unspecified atom stereocenters. The number of carbonyl (C=O) groups excluding carboxylic acids is 1. The van der Waals surface area contributed by atoms with Gasteiger partial charge in [-0.15, -0.1) is 0 Å². The molecule has 4 aliphatic heterocycles. The summed E-state index contributed by atoms with van der Waals surface area (Å²) in [6.07, 6.45) is 9.58. The van der Waals surface area contributed by atoms with Crippen LogP contribution in [0.5, 0.6) is 0 Å². The van der Waals surface area contributed by atoms with E-state index in [9.17, 15) is 25.5 Å². The molecule has 8 aliphatic carbocycles. The van der Waals surface area contributed by atoms with E-state index in [1.807, 2.05) is 34.8 Å². The molecule has 13 nitrogen and oxygen atoms in total. The van der Waals surface area contributed by atoms with Crippen molar-refractivity contribution in [2.24, 2.45) is 74.9 Å². The van der Waals surface area contributed by atoms with Crippen molar-refractivity contribution in [3.05, 3.63) is 46.1 Å². The molecule has 3 spiro atoms. The highest BCUT2D eigenvalue weighted by Gasteiger charge is 2.79. The quantitative estimate of drug-likeness (QED) is 0.229. The molecule has 0 bridgehead atoms. The number of rotatable bonds is 2. The third kappa shape index (κ3) is 5.12. The van der Waals surface area contributed by atoms with Gasteiger partial charge >= 0.3 is 0 Å². The van der Waals surface area contributed by atoms with Crippen molar-refractivity contribution in [2.75, 3.05) is 20.3 Å². The summed E-state index contributed by atoms with van der Waals surface area (Å²) in [6, 6.07) is 0. The van der Waals surface area contributed by atoms with Crippen molar-refractivity contribution in [3.8, 4) is 0 Å². The second kappa shape index (κ2) is 13.9. The molecule has 1 aromatic rings. The average molecular weight is 941 g/mol. The number of ketones is 1. The van der Waals surface area contributed by atoms with E-state index in [0.29, 0.717) is 25.2 Å². The Morgan fingerprint density at radius 2 is 1.50 bits per heavy atom. The predicted octanol–water partition coefficient (Wildman–Crippen LogP) is 5.65. The number of methoxy groups -OCH3 is 1. The standard InChI is InChI=1S/C55H76N2O11/c1-26-32-14-15-33-30-13-11-29-17-38-45(46(64-9)50(29,7)35(30)19-41(60)52(32,33)25-65-54(26)42(61)22-47(3,4)67-54)57-37-16-28-10-12-31-34(49(28,6)21-39(37)56-38)18-40(59)51(8)36(31)20-44-53(51,63)27(2)55(66-44)43(62)23-48(5,24-58)68-55/h15,20,26-32,34-35,40,42-44,46,58-59,61-63H,10-14,16-19,21-25H2,1-9H3/t26-,27-,28-,29-,30-,31+,32+,34-,35-,40+,42+,43+,44-,46-,48-,49-,50-,51+,52?,53+,54?,55?/m0/s1. The molecule has 0 radical (unpaired) electrons. The predicted molar refractivity (Wildman–Crippen MR) is 246 cm³/mol. The van der Waals surface area contributed by atoms with Crippen LogP contribution in [-0.4, -0.2) is 114 Å². The summed E-state index contributed by atoms with van der Waals surface area (Å²) >= 11 is 0. The Morgan fingerprint density at radius 1 is 0.794 bits per heavy atom. The van der Waals surface area contributed by atoms with Crippen LogP contribution in [0.3, 0.4) is 0 Å². The fraction of sp³-hybridized carbons (Fsp3) is 0.836. The first-order valence-corrected chi connectivity index (χ1v) is 26.5. The zero-order valence-corrected chi connectivity index (χ0v) is 41.7. The van der Waals surface area contributed by atoms with Crippen LogP contribution in [0.2, 0.25) is 0 Å². The van der Waals surface area contributed by atoms with Crippen LogP contribution in [-0.2, 0) is 47.7 Å². The number of hydrogen-bond acceptors (Lipinski definition) is 13. The number of carbonyl (C=O) groups is 1. The molecule has 372 valence electrons. The first kappa shape index (κ1) is 45.7. The maximum atomic E-state index is 15.1. The molecule has 13 rings (SSSR count). The molecular formula is C55H76N2O11. The van der Waals surface area contributed by atoms with E-state index in [2.05, 4.69) is 32.9 Å². The number of fused-ring (bicyclic) bond motifs is 13. The van der Waals surface area contributed by atoms with Crippen LogP contribution >= 0.6 is 0 Å². The summed E-state index contributed by atoms with van der Waals surface area (Å²) in [7, 11) is 1.82. The molecule has 0 aromatic carbocycles. The highest BCUT2D eigenvalue weighted by molar-refractivity contribution is 5.91. The normalized spacial score (nSPS) is 56.6. The van der Waals surface area contributed by atoms with Crippen molar-refractivity contribution >= 4 is 5.78 Å². The van der Waals surface area contributed by atoms with Crippen molar-refractivity contribution in [1.29, 1.82) is 0 Å². The van der Waals surface area contributed by atoms with Crippen molar-refractivity contribution < 1.29 is 54.0 Å². The van der Waals surface area contributed by atoms with E-state index >= 15 is 4.79 Å². The molecule has 0 amide bonds. The monoisotopic (exact) mass is 941 g/mol. The number of allylic oxidation sites excluding steroid dienone is 1. The van der Waals surface area contributed by atoms with Crippen molar-refractivity contribution in [1.82, 2.24) is 9.97 Å². The molecule has 4 saturated heterocycles. The van der Waals surface area contributed by atoms with E-state index in [1.165, 1.54) is 5.57 Å². The van der Waals surface area contributed by atoms with Gasteiger partial charge in [0.05, 0.1) is 58.7 Å². The molecule has 68 heavy (non-hydrogen) atoms. The molecule has 22 atom stereocenters. The molecule has 1 aromatic heterocycles. The maximum absolute atomic E-state index is 15.1. The van der Waals surface area contributed by atoms with Gasteiger partial charge in [-0.3, -0.25) is 14.8 Å². The van der Waals surface area contributed by atoms with Gasteiger partial charge in [0.1, 0.15) is 35.8 Å². The number of nitrogens with zero attached hydrogens (tertiary/aromatic N) is 2. The fourth-order valence-electron chi connectivity index (χ4n) is 19.7. The van der Waals surface area contributed by atoms with Gasteiger partial charge in [-0.05, 0) is 125 Å². The lowest BCUT2D eigenvalue weighted by atomic mass is 9.44. The third-order valence-corrected chi connectivity index (χ3v) is 23.2. The van der Waals surface area contributed by atoms with Gasteiger partial charge in [-0.2, -0.15) is 0 Å². The van der Waals surface area contributed by atoms with Gasteiger partial charge < -0.3 is 49.2 Å². The first-order valence-electron chi connectivity index (χ1n) is 26.5. The van der Waals surface area contributed by atoms with Crippen LogP contribution in [0.4, 0.5) is 0 Å². The van der Waals surface area contributed by atoms with Gasteiger partial charge in [-0.1, -0.05) is 57.9 Å². The highest BCUT2D eigenvalue weighted by Crippen LogP contribution is 2.73. The fourth-order valence-corrected chi connectivity index (χ4v) is 19.7. The number of aliphatic hydroxyl groups is 5. The Balaban J connectivity index is 0.784. The Kier molecular flexibility index (Phi) is 9.34. The Bertz CT molecular complexity index is 2440. The first-order chi connectivity index (χ1) is 32.0. The topological polar surface area (TPSA) is 190 Å².